The molecule has 0 radical (unpaired) electrons. The van der Waals surface area contributed by atoms with Gasteiger partial charge < -0.3 is 4.74 Å². The summed E-state index contributed by atoms with van der Waals surface area (Å²) in [6, 6.07) is 8.42. The second-order valence-corrected chi connectivity index (χ2v) is 4.68. The molecule has 98 valence electrons. The molecule has 0 aliphatic heterocycles. The predicted octanol–water partition coefficient (Wildman–Crippen LogP) is 3.50. The van der Waals surface area contributed by atoms with Gasteiger partial charge in [-0.05, 0) is 19.4 Å². The number of aromatic nitrogens is 2. The van der Waals surface area contributed by atoms with E-state index in [-0.39, 0.29) is 5.92 Å². The first-order valence-electron chi connectivity index (χ1n) is 6.19. The number of hydrogen-bond acceptors (Lipinski definition) is 3. The van der Waals surface area contributed by atoms with Gasteiger partial charge in [0.2, 0.25) is 5.88 Å². The molecule has 19 heavy (non-hydrogen) atoms. The van der Waals surface area contributed by atoms with E-state index < -0.39 is 0 Å². The van der Waals surface area contributed by atoms with Crippen LogP contribution in [0.15, 0.2) is 48.9 Å². The van der Waals surface area contributed by atoms with E-state index in [0.29, 0.717) is 5.88 Å². The zero-order valence-electron chi connectivity index (χ0n) is 11.6. The van der Waals surface area contributed by atoms with E-state index in [0.717, 1.165) is 11.1 Å². The molecule has 3 heteroatoms. The van der Waals surface area contributed by atoms with E-state index in [4.69, 9.17) is 4.74 Å². The van der Waals surface area contributed by atoms with Gasteiger partial charge in [-0.15, -0.1) is 0 Å². The molecule has 1 heterocycles. The van der Waals surface area contributed by atoms with Crippen molar-refractivity contribution >= 4 is 0 Å². The van der Waals surface area contributed by atoms with Crippen molar-refractivity contribution in [1.29, 1.82) is 0 Å². The lowest BCUT2D eigenvalue weighted by atomic mass is 9.87. The third-order valence-electron chi connectivity index (χ3n) is 3.11. The van der Waals surface area contributed by atoms with Crippen LogP contribution in [0.3, 0.4) is 0 Å². The molecular formula is C16H18N2O. The van der Waals surface area contributed by atoms with Crippen LogP contribution in [0.2, 0.25) is 0 Å². The quantitative estimate of drug-likeness (QED) is 0.783. The van der Waals surface area contributed by atoms with Crippen LogP contribution in [0.5, 0.6) is 5.88 Å². The SMILES string of the molecule is C=C(C)[C@H](c1ccc(C)cc1)c1cncnc1OC. The average molecular weight is 254 g/mol. The van der Waals surface area contributed by atoms with Crippen LogP contribution in [0.25, 0.3) is 0 Å². The molecule has 0 saturated heterocycles. The fourth-order valence-corrected chi connectivity index (χ4v) is 2.19. The molecule has 0 amide bonds. The summed E-state index contributed by atoms with van der Waals surface area (Å²) >= 11 is 0. The lowest BCUT2D eigenvalue weighted by Crippen LogP contribution is -2.06. The molecule has 0 fully saturated rings. The summed E-state index contributed by atoms with van der Waals surface area (Å²) in [4.78, 5) is 8.28. The second-order valence-electron chi connectivity index (χ2n) is 4.68. The van der Waals surface area contributed by atoms with Crippen LogP contribution in [0, 0.1) is 6.92 Å². The third-order valence-corrected chi connectivity index (χ3v) is 3.11. The van der Waals surface area contributed by atoms with Crippen molar-refractivity contribution in [2.45, 2.75) is 19.8 Å². The van der Waals surface area contributed by atoms with Gasteiger partial charge in [-0.1, -0.05) is 42.0 Å². The van der Waals surface area contributed by atoms with Crippen LogP contribution in [-0.4, -0.2) is 17.1 Å². The van der Waals surface area contributed by atoms with Gasteiger partial charge in [-0.3, -0.25) is 0 Å². The molecule has 0 aliphatic rings. The highest BCUT2D eigenvalue weighted by molar-refractivity contribution is 5.43. The van der Waals surface area contributed by atoms with E-state index in [9.17, 15) is 0 Å². The minimum absolute atomic E-state index is 0.0525. The Labute approximate surface area is 114 Å². The molecular weight excluding hydrogens is 236 g/mol. The first kappa shape index (κ1) is 13.3. The highest BCUT2D eigenvalue weighted by Gasteiger charge is 2.20. The summed E-state index contributed by atoms with van der Waals surface area (Å²) in [6.07, 6.45) is 3.29. The number of aryl methyl sites for hydroxylation is 1. The van der Waals surface area contributed by atoms with E-state index >= 15 is 0 Å². The van der Waals surface area contributed by atoms with Crippen molar-refractivity contribution in [3.05, 3.63) is 65.6 Å². The summed E-state index contributed by atoms with van der Waals surface area (Å²) in [5, 5.41) is 0. The Morgan fingerprint density at radius 1 is 1.26 bits per heavy atom. The normalized spacial score (nSPS) is 11.9. The number of nitrogens with zero attached hydrogens (tertiary/aromatic N) is 2. The zero-order chi connectivity index (χ0) is 13.8. The van der Waals surface area contributed by atoms with Gasteiger partial charge in [0.15, 0.2) is 0 Å². The van der Waals surface area contributed by atoms with Crippen molar-refractivity contribution < 1.29 is 4.74 Å². The van der Waals surface area contributed by atoms with E-state index in [2.05, 4.69) is 47.7 Å². The van der Waals surface area contributed by atoms with E-state index in [1.807, 2.05) is 6.92 Å². The third kappa shape index (κ3) is 2.81. The summed E-state index contributed by atoms with van der Waals surface area (Å²) in [7, 11) is 1.62. The Morgan fingerprint density at radius 2 is 1.95 bits per heavy atom. The Hall–Kier alpha value is -2.16. The van der Waals surface area contributed by atoms with Crippen molar-refractivity contribution in [2.24, 2.45) is 0 Å². The Morgan fingerprint density at radius 3 is 2.53 bits per heavy atom. The number of ether oxygens (including phenoxy) is 1. The van der Waals surface area contributed by atoms with Crippen molar-refractivity contribution in [1.82, 2.24) is 9.97 Å². The minimum atomic E-state index is 0.0525. The van der Waals surface area contributed by atoms with Gasteiger partial charge >= 0.3 is 0 Å². The maximum Gasteiger partial charge on any atom is 0.220 e. The van der Waals surface area contributed by atoms with Gasteiger partial charge in [-0.25, -0.2) is 9.97 Å². The van der Waals surface area contributed by atoms with Crippen LogP contribution in [0.1, 0.15) is 29.5 Å². The molecule has 2 aromatic rings. The highest BCUT2D eigenvalue weighted by Crippen LogP contribution is 2.34. The van der Waals surface area contributed by atoms with Gasteiger partial charge in [0.1, 0.15) is 6.33 Å². The molecule has 0 spiro atoms. The maximum absolute atomic E-state index is 5.33. The highest BCUT2D eigenvalue weighted by atomic mass is 16.5. The molecule has 1 aromatic heterocycles. The average Bonchev–Trinajstić information content (AvgIpc) is 2.41. The topological polar surface area (TPSA) is 35.0 Å². The van der Waals surface area contributed by atoms with Gasteiger partial charge in [0.25, 0.3) is 0 Å². The van der Waals surface area contributed by atoms with Crippen molar-refractivity contribution in [3.63, 3.8) is 0 Å². The monoisotopic (exact) mass is 254 g/mol. The van der Waals surface area contributed by atoms with Crippen molar-refractivity contribution in [3.8, 4) is 5.88 Å². The summed E-state index contributed by atoms with van der Waals surface area (Å²) < 4.78 is 5.33. The van der Waals surface area contributed by atoms with E-state index in [1.54, 1.807) is 13.3 Å². The Kier molecular flexibility index (Phi) is 3.95. The van der Waals surface area contributed by atoms with Gasteiger partial charge in [-0.2, -0.15) is 0 Å². The zero-order valence-corrected chi connectivity index (χ0v) is 11.6. The van der Waals surface area contributed by atoms with Crippen LogP contribution in [0.4, 0.5) is 0 Å². The molecule has 0 N–H and O–H groups in total. The molecule has 3 nitrogen and oxygen atoms in total. The smallest absolute Gasteiger partial charge is 0.220 e. The molecule has 0 aliphatic carbocycles. The molecule has 0 unspecified atom stereocenters. The minimum Gasteiger partial charge on any atom is -0.481 e. The fraction of sp³-hybridized carbons (Fsp3) is 0.250. The second kappa shape index (κ2) is 5.65. The Balaban J connectivity index is 2.51. The summed E-state index contributed by atoms with van der Waals surface area (Å²) in [6.45, 7) is 8.18. The predicted molar refractivity (Wildman–Crippen MR) is 76.4 cm³/mol. The lowest BCUT2D eigenvalue weighted by Gasteiger charge is -2.19. The molecule has 0 saturated carbocycles. The summed E-state index contributed by atoms with van der Waals surface area (Å²) in [5.41, 5.74) is 4.39. The first-order chi connectivity index (χ1) is 9.13. The summed E-state index contributed by atoms with van der Waals surface area (Å²) in [5.74, 6) is 0.653. The largest absolute Gasteiger partial charge is 0.481 e. The van der Waals surface area contributed by atoms with E-state index in [1.165, 1.54) is 17.5 Å². The molecule has 2 rings (SSSR count). The lowest BCUT2D eigenvalue weighted by molar-refractivity contribution is 0.390. The first-order valence-corrected chi connectivity index (χ1v) is 6.19. The number of allylic oxidation sites excluding steroid dienone is 1. The van der Waals surface area contributed by atoms with Crippen molar-refractivity contribution in [2.75, 3.05) is 7.11 Å². The van der Waals surface area contributed by atoms with Gasteiger partial charge in [0.05, 0.1) is 7.11 Å². The fourth-order valence-electron chi connectivity index (χ4n) is 2.19. The molecule has 1 aromatic carbocycles. The molecule has 1 atom stereocenters. The number of methoxy groups -OCH3 is 1. The molecule has 0 bridgehead atoms. The van der Waals surface area contributed by atoms with Crippen LogP contribution < -0.4 is 4.74 Å². The van der Waals surface area contributed by atoms with Crippen LogP contribution >= 0.6 is 0 Å². The van der Waals surface area contributed by atoms with Crippen LogP contribution in [-0.2, 0) is 0 Å². The maximum atomic E-state index is 5.33. The standard InChI is InChI=1S/C16H18N2O/c1-11(2)15(13-7-5-12(3)6-8-13)14-9-17-10-18-16(14)19-4/h5-10,15H,1H2,2-4H3/t15-/m1/s1. The number of benzene rings is 1. The number of rotatable bonds is 4. The van der Waals surface area contributed by atoms with Gasteiger partial charge in [0, 0.05) is 17.7 Å². The number of hydrogen-bond donors (Lipinski definition) is 0. The Bertz CT molecular complexity index is 576.